The van der Waals surface area contributed by atoms with Crippen LogP contribution in [-0.2, 0) is 16.0 Å². The number of aromatic nitrogens is 2. The molecule has 0 unspecified atom stereocenters. The maximum absolute atomic E-state index is 11.8. The summed E-state index contributed by atoms with van der Waals surface area (Å²) in [6, 6.07) is 6.46. The number of hydrogen-bond donors (Lipinski definition) is 3. The Morgan fingerprint density at radius 3 is 2.52 bits per heavy atom. The van der Waals surface area contributed by atoms with Gasteiger partial charge in [-0.25, -0.2) is 0 Å². The number of H-pyrrole nitrogens is 1. The van der Waals surface area contributed by atoms with Crippen LogP contribution in [0, 0.1) is 0 Å². The van der Waals surface area contributed by atoms with Gasteiger partial charge < -0.3 is 16.4 Å². The molecule has 0 saturated heterocycles. The first kappa shape index (κ1) is 16.2. The smallest absolute Gasteiger partial charge is 0.257 e. The van der Waals surface area contributed by atoms with Crippen LogP contribution in [0.2, 0.25) is 0 Å². The van der Waals surface area contributed by atoms with Crippen LogP contribution in [0.1, 0.15) is 17.5 Å². The van der Waals surface area contributed by atoms with Crippen molar-refractivity contribution in [1.29, 1.82) is 0 Å². The van der Waals surface area contributed by atoms with Gasteiger partial charge >= 0.3 is 0 Å². The highest BCUT2D eigenvalue weighted by Crippen LogP contribution is 2.14. The molecule has 0 bridgehead atoms. The molecule has 8 nitrogen and oxygen atoms in total. The number of nitrogens with zero attached hydrogens (tertiary/aromatic N) is 2. The van der Waals surface area contributed by atoms with Gasteiger partial charge in [-0.05, 0) is 37.1 Å². The Labute approximate surface area is 132 Å². The zero-order valence-corrected chi connectivity index (χ0v) is 12.3. The van der Waals surface area contributed by atoms with E-state index in [-0.39, 0.29) is 17.3 Å². The number of nitrogens with two attached hydrogens (primary N) is 2. The van der Waals surface area contributed by atoms with Crippen molar-refractivity contribution in [1.82, 2.24) is 9.97 Å². The van der Waals surface area contributed by atoms with Gasteiger partial charge in [-0.2, -0.15) is 4.98 Å². The maximum atomic E-state index is 11.8. The van der Waals surface area contributed by atoms with Gasteiger partial charge in [0.1, 0.15) is 5.82 Å². The Bertz CT molecular complexity index is 755. The zero-order valence-electron chi connectivity index (χ0n) is 12.3. The van der Waals surface area contributed by atoms with Gasteiger partial charge in [-0.3, -0.25) is 19.4 Å². The summed E-state index contributed by atoms with van der Waals surface area (Å²) in [6.45, 7) is 0.386. The number of amides is 1. The number of nitrogen functional groups attached to an aromatic ring is 2. The summed E-state index contributed by atoms with van der Waals surface area (Å²) in [4.78, 5) is 41.2. The van der Waals surface area contributed by atoms with E-state index in [1.54, 1.807) is 30.6 Å². The molecule has 8 heteroatoms. The molecule has 5 N–H and O–H groups in total. The fourth-order valence-corrected chi connectivity index (χ4v) is 2.16. The van der Waals surface area contributed by atoms with E-state index in [1.165, 1.54) is 4.90 Å². The lowest BCUT2D eigenvalue weighted by Crippen LogP contribution is -2.24. The molecule has 1 heterocycles. The third-order valence-electron chi connectivity index (χ3n) is 3.34. The first-order valence-corrected chi connectivity index (χ1v) is 6.89. The summed E-state index contributed by atoms with van der Waals surface area (Å²) in [6.07, 6.45) is 3.33. The predicted octanol–water partition coefficient (Wildman–Crippen LogP) is -0.0123. The molecule has 0 aliphatic rings. The number of aromatic amines is 1. The normalized spacial score (nSPS) is 10.3. The minimum atomic E-state index is -0.376. The number of nitrogens with one attached hydrogen (secondary N) is 1. The topological polar surface area (TPSA) is 135 Å². The molecule has 1 aromatic carbocycles. The maximum Gasteiger partial charge on any atom is 0.257 e. The fraction of sp³-hybridized carbons (Fsp3) is 0.200. The monoisotopic (exact) mass is 314 g/mol. The van der Waals surface area contributed by atoms with Crippen LogP contribution < -0.4 is 21.9 Å². The molecule has 119 valence electrons. The van der Waals surface area contributed by atoms with Gasteiger partial charge in [0.15, 0.2) is 0 Å². The second kappa shape index (κ2) is 7.21. The van der Waals surface area contributed by atoms with Crippen molar-refractivity contribution in [2.45, 2.75) is 12.8 Å². The van der Waals surface area contributed by atoms with Crippen molar-refractivity contribution in [3.05, 3.63) is 45.7 Å². The number of benzene rings is 1. The molecule has 2 rings (SSSR count). The fourth-order valence-electron chi connectivity index (χ4n) is 2.16. The Balaban J connectivity index is 2.02. The summed E-state index contributed by atoms with van der Waals surface area (Å²) in [5.41, 5.74) is 12.1. The molecule has 2 aromatic rings. The van der Waals surface area contributed by atoms with Crippen molar-refractivity contribution in [3.8, 4) is 0 Å². The minimum absolute atomic E-state index is 0.0298. The van der Waals surface area contributed by atoms with Crippen molar-refractivity contribution in [2.75, 3.05) is 22.9 Å². The van der Waals surface area contributed by atoms with Gasteiger partial charge in [-0.1, -0.05) is 0 Å². The van der Waals surface area contributed by atoms with Gasteiger partial charge in [-0.15, -0.1) is 0 Å². The summed E-state index contributed by atoms with van der Waals surface area (Å²) >= 11 is 0. The van der Waals surface area contributed by atoms with E-state index in [1.807, 2.05) is 0 Å². The van der Waals surface area contributed by atoms with Crippen LogP contribution in [0.15, 0.2) is 29.1 Å². The van der Waals surface area contributed by atoms with E-state index in [0.717, 1.165) is 0 Å². The second-order valence-corrected chi connectivity index (χ2v) is 4.87. The molecule has 0 aliphatic carbocycles. The van der Waals surface area contributed by atoms with Gasteiger partial charge in [0.2, 0.25) is 18.6 Å². The average molecular weight is 314 g/mol. The highest BCUT2D eigenvalue weighted by atomic mass is 16.1. The van der Waals surface area contributed by atoms with Crippen LogP contribution in [-0.4, -0.2) is 29.2 Å². The van der Waals surface area contributed by atoms with Gasteiger partial charge in [0.25, 0.3) is 5.56 Å². The molecule has 0 spiro atoms. The SMILES string of the molecule is Nc1nc(N)c(CCCN(C=O)c2ccc([C]=O)cc2)c(=O)[nH]1. The number of carbonyl (C=O) groups is 1. The third kappa shape index (κ3) is 3.94. The number of rotatable bonds is 7. The first-order chi connectivity index (χ1) is 11.0. The summed E-state index contributed by atoms with van der Waals surface area (Å²) in [5, 5.41) is 0. The van der Waals surface area contributed by atoms with Crippen molar-refractivity contribution in [3.63, 3.8) is 0 Å². The molecular formula is C15H16N5O3. The van der Waals surface area contributed by atoms with Crippen LogP contribution in [0.4, 0.5) is 17.5 Å². The van der Waals surface area contributed by atoms with Crippen LogP contribution in [0.3, 0.4) is 0 Å². The minimum Gasteiger partial charge on any atom is -0.383 e. The molecule has 1 aromatic heterocycles. The van der Waals surface area contributed by atoms with E-state index in [9.17, 15) is 14.4 Å². The molecule has 0 aliphatic heterocycles. The summed E-state index contributed by atoms with van der Waals surface area (Å²) in [5.74, 6) is 0.0626. The quantitative estimate of drug-likeness (QED) is 0.615. The van der Waals surface area contributed by atoms with Crippen LogP contribution in [0.25, 0.3) is 0 Å². The lowest BCUT2D eigenvalue weighted by Gasteiger charge is -2.17. The summed E-state index contributed by atoms with van der Waals surface area (Å²) < 4.78 is 0. The number of carbonyl (C=O) groups excluding carboxylic acids is 2. The van der Waals surface area contributed by atoms with Crippen molar-refractivity contribution >= 4 is 30.1 Å². The van der Waals surface area contributed by atoms with Crippen molar-refractivity contribution < 1.29 is 9.59 Å². The molecular weight excluding hydrogens is 298 g/mol. The van der Waals surface area contributed by atoms with Gasteiger partial charge in [0.05, 0.1) is 5.56 Å². The average Bonchev–Trinajstić information content (AvgIpc) is 2.53. The van der Waals surface area contributed by atoms with E-state index < -0.39 is 0 Å². The molecule has 1 amide bonds. The number of hydrogen-bond acceptors (Lipinski definition) is 6. The molecule has 1 radical (unpaired) electrons. The molecule has 0 fully saturated rings. The summed E-state index contributed by atoms with van der Waals surface area (Å²) in [7, 11) is 0. The second-order valence-electron chi connectivity index (χ2n) is 4.87. The van der Waals surface area contributed by atoms with Crippen LogP contribution >= 0.6 is 0 Å². The Morgan fingerprint density at radius 1 is 1.26 bits per heavy atom. The predicted molar refractivity (Wildman–Crippen MR) is 86.7 cm³/mol. The van der Waals surface area contributed by atoms with Crippen LogP contribution in [0.5, 0.6) is 0 Å². The van der Waals surface area contributed by atoms with E-state index in [0.29, 0.717) is 42.6 Å². The third-order valence-corrected chi connectivity index (χ3v) is 3.34. The Hall–Kier alpha value is -3.16. The van der Waals surface area contributed by atoms with E-state index >= 15 is 0 Å². The molecule has 23 heavy (non-hydrogen) atoms. The molecule has 0 atom stereocenters. The van der Waals surface area contributed by atoms with E-state index in [2.05, 4.69) is 9.97 Å². The highest BCUT2D eigenvalue weighted by molar-refractivity contribution is 5.79. The largest absolute Gasteiger partial charge is 0.383 e. The standard InChI is InChI=1S/C15H16N5O3/c16-13-12(14(23)19-15(17)18-13)2-1-7-20(9-22)11-5-3-10(8-21)4-6-11/h3-6,9H,1-2,7H2,(H5,16,17,18,19,23). The van der Waals surface area contributed by atoms with Gasteiger partial charge in [0, 0.05) is 17.8 Å². The molecule has 0 saturated carbocycles. The number of anilines is 3. The first-order valence-electron chi connectivity index (χ1n) is 6.89. The Morgan fingerprint density at radius 2 is 1.96 bits per heavy atom. The lowest BCUT2D eigenvalue weighted by atomic mass is 10.1. The highest BCUT2D eigenvalue weighted by Gasteiger charge is 2.10. The van der Waals surface area contributed by atoms with Crippen molar-refractivity contribution in [2.24, 2.45) is 0 Å². The zero-order chi connectivity index (χ0) is 16.8. The Kier molecular flexibility index (Phi) is 5.08. The lowest BCUT2D eigenvalue weighted by molar-refractivity contribution is -0.107. The van der Waals surface area contributed by atoms with E-state index in [4.69, 9.17) is 11.5 Å².